The number of nitrogens with zero attached hydrogens (tertiary/aromatic N) is 1. The van der Waals surface area contributed by atoms with E-state index in [-0.39, 0.29) is 5.41 Å². The van der Waals surface area contributed by atoms with E-state index in [1.165, 1.54) is 72.1 Å². The van der Waals surface area contributed by atoms with E-state index in [1.807, 2.05) is 0 Å². The van der Waals surface area contributed by atoms with Crippen LogP contribution in [0.25, 0.3) is 77.2 Å². The monoisotopic (exact) mass is 893 g/mol. The molecule has 0 N–H and O–H groups in total. The molecule has 0 unspecified atom stereocenters. The molecule has 12 aromatic rings. The van der Waals surface area contributed by atoms with Crippen LogP contribution in [0, 0.1) is 0 Å². The number of hydrogen-bond donors (Lipinski definition) is 0. The Morgan fingerprint density at radius 2 is 0.943 bits per heavy atom. The van der Waals surface area contributed by atoms with E-state index in [0.717, 1.165) is 55.5 Å². The minimum absolute atomic E-state index is 0.132. The van der Waals surface area contributed by atoms with E-state index in [1.54, 1.807) is 0 Å². The molecule has 11 aromatic carbocycles. The van der Waals surface area contributed by atoms with Gasteiger partial charge >= 0.3 is 0 Å². The van der Waals surface area contributed by atoms with Gasteiger partial charge in [-0.05, 0) is 126 Å². The second-order valence-electron chi connectivity index (χ2n) is 19.5. The van der Waals surface area contributed by atoms with E-state index < -0.39 is 5.41 Å². The van der Waals surface area contributed by atoms with Gasteiger partial charge in [0.25, 0.3) is 0 Å². The highest BCUT2D eigenvalue weighted by Crippen LogP contribution is 2.58. The van der Waals surface area contributed by atoms with Crippen LogP contribution in [0.4, 0.5) is 17.1 Å². The Kier molecular flexibility index (Phi) is 8.88. The van der Waals surface area contributed by atoms with Gasteiger partial charge < -0.3 is 9.32 Å². The van der Waals surface area contributed by atoms with Crippen LogP contribution in [0.2, 0.25) is 0 Å². The number of furan rings is 1. The maximum Gasteiger partial charge on any atom is 0.143 e. The molecule has 0 fully saturated rings. The lowest BCUT2D eigenvalue weighted by Gasteiger charge is -2.35. The first kappa shape index (κ1) is 40.4. The van der Waals surface area contributed by atoms with Crippen LogP contribution in [0.3, 0.4) is 0 Å². The Hall–Kier alpha value is -8.72. The van der Waals surface area contributed by atoms with Gasteiger partial charge in [0.15, 0.2) is 0 Å². The molecular weight excluding hydrogens is 847 g/mol. The van der Waals surface area contributed by atoms with Gasteiger partial charge in [-0.25, -0.2) is 0 Å². The molecule has 14 rings (SSSR count). The van der Waals surface area contributed by atoms with Gasteiger partial charge in [-0.2, -0.15) is 0 Å². The molecule has 0 spiro atoms. The number of hydrogen-bond acceptors (Lipinski definition) is 2. The standard InChI is InChI=1S/C68H47NO/c1-67(2)60-29-14-11-26-55(60)57-28-17-27-52(65(57)67)45-32-36-49(37-33-45)69(63-31-16-13-23-51(63)46-35-41-64-59(42-46)58-39-34-44-18-9-10-24-53(44)66(58)70-64)50-38-40-56-54-25-12-15-30-61(54)68(62(56)43-50,47-19-5-3-6-20-47)48-21-7-4-8-22-48/h3-43H,1-2H3. The zero-order valence-corrected chi connectivity index (χ0v) is 39.0. The first-order valence-corrected chi connectivity index (χ1v) is 24.4. The third kappa shape index (κ3) is 5.80. The molecule has 0 saturated heterocycles. The minimum Gasteiger partial charge on any atom is -0.455 e. The maximum atomic E-state index is 6.63. The van der Waals surface area contributed by atoms with Crippen LogP contribution < -0.4 is 4.90 Å². The molecule has 2 nitrogen and oxygen atoms in total. The van der Waals surface area contributed by atoms with E-state index >= 15 is 0 Å². The Morgan fingerprint density at radius 1 is 0.357 bits per heavy atom. The Bertz CT molecular complexity index is 3990. The van der Waals surface area contributed by atoms with Crippen LogP contribution in [0.15, 0.2) is 253 Å². The summed E-state index contributed by atoms with van der Waals surface area (Å²) in [5, 5.41) is 4.53. The van der Waals surface area contributed by atoms with Crippen LogP contribution in [0.1, 0.15) is 47.2 Å². The zero-order chi connectivity index (χ0) is 46.6. The molecule has 0 saturated carbocycles. The summed E-state index contributed by atoms with van der Waals surface area (Å²) in [6, 6.07) is 91.8. The van der Waals surface area contributed by atoms with Crippen LogP contribution in [-0.4, -0.2) is 0 Å². The maximum absolute atomic E-state index is 6.63. The molecule has 1 aromatic heterocycles. The van der Waals surface area contributed by atoms with Crippen LogP contribution >= 0.6 is 0 Å². The average Bonchev–Trinajstić information content (AvgIpc) is 4.03. The molecule has 330 valence electrons. The van der Waals surface area contributed by atoms with E-state index in [2.05, 4.69) is 267 Å². The van der Waals surface area contributed by atoms with Crippen molar-refractivity contribution in [3.05, 3.63) is 282 Å². The number of para-hydroxylation sites is 1. The Morgan fingerprint density at radius 3 is 1.71 bits per heavy atom. The number of anilines is 3. The summed E-state index contributed by atoms with van der Waals surface area (Å²) >= 11 is 0. The van der Waals surface area contributed by atoms with Gasteiger partial charge in [0, 0.05) is 38.5 Å². The number of benzene rings is 11. The number of rotatable bonds is 7. The molecule has 2 heteroatoms. The fraction of sp³-hybridized carbons (Fsp3) is 0.0588. The normalized spacial score (nSPS) is 13.8. The number of fused-ring (bicyclic) bond motifs is 11. The lowest BCUT2D eigenvalue weighted by Crippen LogP contribution is -2.28. The van der Waals surface area contributed by atoms with Crippen molar-refractivity contribution < 1.29 is 4.42 Å². The smallest absolute Gasteiger partial charge is 0.143 e. The van der Waals surface area contributed by atoms with Crippen LogP contribution in [0.5, 0.6) is 0 Å². The summed E-state index contributed by atoms with van der Waals surface area (Å²) in [6.07, 6.45) is 0. The average molecular weight is 894 g/mol. The molecule has 2 aliphatic carbocycles. The highest BCUT2D eigenvalue weighted by atomic mass is 16.3. The molecule has 0 aliphatic heterocycles. The molecule has 0 radical (unpaired) electrons. The van der Waals surface area contributed by atoms with Crippen molar-refractivity contribution in [2.75, 3.05) is 4.90 Å². The lowest BCUT2D eigenvalue weighted by molar-refractivity contribution is 0.662. The summed E-state index contributed by atoms with van der Waals surface area (Å²) in [5.41, 5.74) is 22.1. The first-order chi connectivity index (χ1) is 34.5. The Balaban J connectivity index is 0.986. The van der Waals surface area contributed by atoms with Crippen molar-refractivity contribution in [1.82, 2.24) is 0 Å². The Labute approximate surface area is 408 Å². The largest absolute Gasteiger partial charge is 0.455 e. The lowest BCUT2D eigenvalue weighted by atomic mass is 9.67. The van der Waals surface area contributed by atoms with Gasteiger partial charge in [-0.1, -0.05) is 214 Å². The zero-order valence-electron chi connectivity index (χ0n) is 39.0. The second kappa shape index (κ2) is 15.4. The minimum atomic E-state index is -0.547. The molecule has 2 aliphatic rings. The van der Waals surface area contributed by atoms with Gasteiger partial charge in [-0.3, -0.25) is 0 Å². The molecule has 0 amide bonds. The molecule has 0 atom stereocenters. The topological polar surface area (TPSA) is 16.4 Å². The second-order valence-corrected chi connectivity index (χ2v) is 19.5. The van der Waals surface area contributed by atoms with Gasteiger partial charge in [0.2, 0.25) is 0 Å². The summed E-state index contributed by atoms with van der Waals surface area (Å²) in [5.74, 6) is 0. The predicted molar refractivity (Wildman–Crippen MR) is 292 cm³/mol. The fourth-order valence-electron chi connectivity index (χ4n) is 12.5. The van der Waals surface area contributed by atoms with Gasteiger partial charge in [-0.15, -0.1) is 0 Å². The van der Waals surface area contributed by atoms with Crippen molar-refractivity contribution in [3.63, 3.8) is 0 Å². The summed E-state index contributed by atoms with van der Waals surface area (Å²) in [4.78, 5) is 2.48. The quantitative estimate of drug-likeness (QED) is 0.158. The van der Waals surface area contributed by atoms with Gasteiger partial charge in [0.05, 0.1) is 11.1 Å². The van der Waals surface area contributed by atoms with Crippen molar-refractivity contribution in [1.29, 1.82) is 0 Å². The SMILES string of the molecule is CC1(C)c2ccccc2-c2cccc(-c3ccc(N(c4ccc5c(c4)C(c4ccccc4)(c4ccccc4)c4ccccc4-5)c4ccccc4-c4ccc5oc6c7ccccc7ccc6c5c4)cc3)c21. The van der Waals surface area contributed by atoms with E-state index in [9.17, 15) is 0 Å². The summed E-state index contributed by atoms with van der Waals surface area (Å²) < 4.78 is 6.63. The van der Waals surface area contributed by atoms with Crippen molar-refractivity contribution in [2.24, 2.45) is 0 Å². The van der Waals surface area contributed by atoms with Crippen molar-refractivity contribution in [3.8, 4) is 44.5 Å². The first-order valence-electron chi connectivity index (χ1n) is 24.4. The molecule has 0 bridgehead atoms. The van der Waals surface area contributed by atoms with Crippen LogP contribution in [-0.2, 0) is 10.8 Å². The van der Waals surface area contributed by atoms with Crippen molar-refractivity contribution in [2.45, 2.75) is 24.7 Å². The summed E-state index contributed by atoms with van der Waals surface area (Å²) in [7, 11) is 0. The third-order valence-corrected chi connectivity index (χ3v) is 15.5. The van der Waals surface area contributed by atoms with E-state index in [4.69, 9.17) is 4.42 Å². The highest BCUT2D eigenvalue weighted by Gasteiger charge is 2.46. The highest BCUT2D eigenvalue weighted by molar-refractivity contribution is 6.15. The van der Waals surface area contributed by atoms with E-state index in [0.29, 0.717) is 0 Å². The molecular formula is C68H47NO. The third-order valence-electron chi connectivity index (χ3n) is 15.5. The molecule has 1 heterocycles. The summed E-state index contributed by atoms with van der Waals surface area (Å²) in [6.45, 7) is 4.74. The van der Waals surface area contributed by atoms with Gasteiger partial charge in [0.1, 0.15) is 11.2 Å². The predicted octanol–water partition coefficient (Wildman–Crippen LogP) is 18.2. The fourth-order valence-corrected chi connectivity index (χ4v) is 12.5. The van der Waals surface area contributed by atoms with Crippen molar-refractivity contribution >= 4 is 49.8 Å². The molecule has 70 heavy (non-hydrogen) atoms.